The van der Waals surface area contributed by atoms with Gasteiger partial charge in [0.05, 0.1) is 10.6 Å². The van der Waals surface area contributed by atoms with E-state index < -0.39 is 0 Å². The van der Waals surface area contributed by atoms with Crippen LogP contribution in [0.2, 0.25) is 5.02 Å². The summed E-state index contributed by atoms with van der Waals surface area (Å²) in [5.41, 5.74) is 0.522. The van der Waals surface area contributed by atoms with Crippen molar-refractivity contribution in [2.24, 2.45) is 0 Å². The summed E-state index contributed by atoms with van der Waals surface area (Å²) in [7, 11) is 0. The topological polar surface area (TPSA) is 54.0 Å². The number of hydrogen-bond acceptors (Lipinski definition) is 3. The minimum atomic E-state index is -0.0839. The van der Waals surface area contributed by atoms with E-state index in [-0.39, 0.29) is 5.91 Å². The molecule has 4 nitrogen and oxygen atoms in total. The molecule has 1 aliphatic rings. The van der Waals surface area contributed by atoms with Gasteiger partial charge in [0, 0.05) is 18.8 Å². The second kappa shape index (κ2) is 6.05. The quantitative estimate of drug-likeness (QED) is 0.882. The molecule has 98 valence electrons. The van der Waals surface area contributed by atoms with Gasteiger partial charge in [-0.05, 0) is 25.8 Å². The molecule has 18 heavy (non-hydrogen) atoms. The Morgan fingerprint density at radius 1 is 1.50 bits per heavy atom. The molecule has 0 atom stereocenters. The number of amides is 1. The number of carbonyl (C=O) groups excluding carboxylic acids is 1. The van der Waals surface area contributed by atoms with Crippen LogP contribution in [0, 0.1) is 0 Å². The molecular weight excluding hydrogens is 250 g/mol. The van der Waals surface area contributed by atoms with E-state index in [1.54, 1.807) is 12.3 Å². The molecule has 0 radical (unpaired) electrons. The zero-order chi connectivity index (χ0) is 13.0. The van der Waals surface area contributed by atoms with Gasteiger partial charge in [-0.3, -0.25) is 4.79 Å². The van der Waals surface area contributed by atoms with E-state index in [9.17, 15) is 4.79 Å². The zero-order valence-electron chi connectivity index (χ0n) is 10.5. The van der Waals surface area contributed by atoms with Crippen LogP contribution in [0.5, 0.6) is 0 Å². The standard InChI is InChI=1S/C13H18ClN3O/c1-2-15-12-11(14)7-9(8-16-12)13(18)17-10-5-3-4-6-10/h7-8,10H,2-6H2,1H3,(H,15,16)(H,17,18). The molecule has 0 aromatic carbocycles. The first-order valence-electron chi connectivity index (χ1n) is 6.41. The molecule has 0 saturated heterocycles. The summed E-state index contributed by atoms with van der Waals surface area (Å²) in [6.45, 7) is 2.72. The summed E-state index contributed by atoms with van der Waals surface area (Å²) >= 11 is 6.06. The number of pyridine rings is 1. The molecule has 0 spiro atoms. The number of carbonyl (C=O) groups is 1. The third kappa shape index (κ3) is 3.13. The predicted molar refractivity (Wildman–Crippen MR) is 73.1 cm³/mol. The lowest BCUT2D eigenvalue weighted by Crippen LogP contribution is -2.32. The minimum Gasteiger partial charge on any atom is -0.369 e. The monoisotopic (exact) mass is 267 g/mol. The van der Waals surface area contributed by atoms with Gasteiger partial charge in [0.2, 0.25) is 0 Å². The maximum atomic E-state index is 12.0. The molecule has 1 amide bonds. The van der Waals surface area contributed by atoms with Crippen LogP contribution in [-0.4, -0.2) is 23.5 Å². The average molecular weight is 268 g/mol. The van der Waals surface area contributed by atoms with Gasteiger partial charge in [-0.25, -0.2) is 4.98 Å². The van der Waals surface area contributed by atoms with Crippen molar-refractivity contribution in [1.82, 2.24) is 10.3 Å². The van der Waals surface area contributed by atoms with Crippen LogP contribution in [-0.2, 0) is 0 Å². The number of nitrogens with zero attached hydrogens (tertiary/aromatic N) is 1. The van der Waals surface area contributed by atoms with Crippen molar-refractivity contribution < 1.29 is 4.79 Å². The summed E-state index contributed by atoms with van der Waals surface area (Å²) in [5.74, 6) is 0.538. The Morgan fingerprint density at radius 3 is 2.83 bits per heavy atom. The number of hydrogen-bond donors (Lipinski definition) is 2. The summed E-state index contributed by atoms with van der Waals surface area (Å²) in [5, 5.41) is 6.54. The van der Waals surface area contributed by atoms with Gasteiger partial charge in [0.25, 0.3) is 5.91 Å². The molecule has 0 bridgehead atoms. The molecular formula is C13H18ClN3O. The second-order valence-corrected chi connectivity index (χ2v) is 4.95. The SMILES string of the molecule is CCNc1ncc(C(=O)NC2CCCC2)cc1Cl. The number of rotatable bonds is 4. The van der Waals surface area contributed by atoms with E-state index in [1.807, 2.05) is 6.92 Å². The lowest BCUT2D eigenvalue weighted by Gasteiger charge is -2.12. The molecule has 2 rings (SSSR count). The molecule has 1 saturated carbocycles. The van der Waals surface area contributed by atoms with Crippen molar-refractivity contribution in [3.63, 3.8) is 0 Å². The van der Waals surface area contributed by atoms with Crippen LogP contribution >= 0.6 is 11.6 Å². The Morgan fingerprint density at radius 2 is 2.22 bits per heavy atom. The fourth-order valence-electron chi connectivity index (χ4n) is 2.20. The number of halogens is 1. The van der Waals surface area contributed by atoms with E-state index in [0.717, 1.165) is 19.4 Å². The Hall–Kier alpha value is -1.29. The summed E-state index contributed by atoms with van der Waals surface area (Å²) < 4.78 is 0. The Kier molecular flexibility index (Phi) is 4.42. The first-order chi connectivity index (χ1) is 8.70. The highest BCUT2D eigenvalue weighted by Gasteiger charge is 2.18. The predicted octanol–water partition coefficient (Wildman–Crippen LogP) is 2.84. The van der Waals surface area contributed by atoms with Crippen molar-refractivity contribution in [3.8, 4) is 0 Å². The summed E-state index contributed by atoms with van der Waals surface area (Å²) in [4.78, 5) is 16.2. The van der Waals surface area contributed by atoms with Crippen molar-refractivity contribution in [1.29, 1.82) is 0 Å². The molecule has 1 heterocycles. The van der Waals surface area contributed by atoms with Gasteiger partial charge < -0.3 is 10.6 Å². The molecule has 0 unspecified atom stereocenters. The maximum Gasteiger partial charge on any atom is 0.253 e. The lowest BCUT2D eigenvalue weighted by molar-refractivity contribution is 0.0937. The van der Waals surface area contributed by atoms with E-state index >= 15 is 0 Å². The van der Waals surface area contributed by atoms with Gasteiger partial charge in [0.1, 0.15) is 5.82 Å². The van der Waals surface area contributed by atoms with Crippen LogP contribution in [0.25, 0.3) is 0 Å². The summed E-state index contributed by atoms with van der Waals surface area (Å²) in [6.07, 6.45) is 6.10. The Labute approximate surface area is 112 Å². The second-order valence-electron chi connectivity index (χ2n) is 4.54. The third-order valence-electron chi connectivity index (χ3n) is 3.14. The largest absolute Gasteiger partial charge is 0.369 e. The first-order valence-corrected chi connectivity index (χ1v) is 6.78. The van der Waals surface area contributed by atoms with Crippen molar-refractivity contribution >= 4 is 23.3 Å². The van der Waals surface area contributed by atoms with Gasteiger partial charge in [-0.1, -0.05) is 24.4 Å². The smallest absolute Gasteiger partial charge is 0.253 e. The summed E-state index contributed by atoms with van der Waals surface area (Å²) in [6, 6.07) is 1.97. The first kappa shape index (κ1) is 13.1. The highest BCUT2D eigenvalue weighted by Crippen LogP contribution is 2.21. The zero-order valence-corrected chi connectivity index (χ0v) is 11.3. The molecule has 2 N–H and O–H groups in total. The maximum absolute atomic E-state index is 12.0. The number of aromatic nitrogens is 1. The molecule has 5 heteroatoms. The molecule has 1 fully saturated rings. The highest BCUT2D eigenvalue weighted by molar-refractivity contribution is 6.33. The highest BCUT2D eigenvalue weighted by atomic mass is 35.5. The van der Waals surface area contributed by atoms with E-state index in [0.29, 0.717) is 22.4 Å². The van der Waals surface area contributed by atoms with Crippen molar-refractivity contribution in [3.05, 3.63) is 22.8 Å². The average Bonchev–Trinajstić information content (AvgIpc) is 2.84. The Balaban J connectivity index is 2.03. The molecule has 1 aromatic heterocycles. The van der Waals surface area contributed by atoms with E-state index in [1.165, 1.54) is 12.8 Å². The third-order valence-corrected chi connectivity index (χ3v) is 3.43. The minimum absolute atomic E-state index is 0.0839. The fraction of sp³-hybridized carbons (Fsp3) is 0.538. The van der Waals surface area contributed by atoms with Crippen LogP contribution in [0.1, 0.15) is 43.0 Å². The van der Waals surface area contributed by atoms with Gasteiger partial charge in [-0.2, -0.15) is 0 Å². The fourth-order valence-corrected chi connectivity index (χ4v) is 2.43. The normalized spacial score (nSPS) is 15.7. The molecule has 1 aromatic rings. The van der Waals surface area contributed by atoms with Crippen LogP contribution in [0.15, 0.2) is 12.3 Å². The Bertz CT molecular complexity index is 430. The van der Waals surface area contributed by atoms with Gasteiger partial charge in [0.15, 0.2) is 0 Å². The van der Waals surface area contributed by atoms with Crippen molar-refractivity contribution in [2.75, 3.05) is 11.9 Å². The number of anilines is 1. The molecule has 1 aliphatic carbocycles. The van der Waals surface area contributed by atoms with Gasteiger partial charge in [-0.15, -0.1) is 0 Å². The van der Waals surface area contributed by atoms with Crippen LogP contribution < -0.4 is 10.6 Å². The lowest BCUT2D eigenvalue weighted by atomic mass is 10.2. The molecule has 0 aliphatic heterocycles. The van der Waals surface area contributed by atoms with Crippen LogP contribution in [0.3, 0.4) is 0 Å². The van der Waals surface area contributed by atoms with Crippen LogP contribution in [0.4, 0.5) is 5.82 Å². The van der Waals surface area contributed by atoms with E-state index in [2.05, 4.69) is 15.6 Å². The van der Waals surface area contributed by atoms with E-state index in [4.69, 9.17) is 11.6 Å². The van der Waals surface area contributed by atoms with Gasteiger partial charge >= 0.3 is 0 Å². The van der Waals surface area contributed by atoms with Crippen molar-refractivity contribution in [2.45, 2.75) is 38.6 Å². The number of nitrogens with one attached hydrogen (secondary N) is 2.